The van der Waals surface area contributed by atoms with Crippen LogP contribution >= 0.6 is 0 Å². The van der Waals surface area contributed by atoms with Crippen LogP contribution in [0.2, 0.25) is 0 Å². The molecule has 2 aliphatic carbocycles. The molecule has 3 heteroatoms. The molecule has 0 bridgehead atoms. The van der Waals surface area contributed by atoms with Gasteiger partial charge in [-0.1, -0.05) is 12.1 Å². The maximum Gasteiger partial charge on any atom is 0.196 e. The van der Waals surface area contributed by atoms with E-state index in [-0.39, 0.29) is 11.7 Å². The first kappa shape index (κ1) is 17.1. The number of rotatable bonds is 3. The minimum absolute atomic E-state index is 0.161. The Balaban J connectivity index is 1.48. The lowest BCUT2D eigenvalue weighted by Gasteiger charge is -2.37. The van der Waals surface area contributed by atoms with Crippen molar-refractivity contribution in [3.05, 3.63) is 47.5 Å². The summed E-state index contributed by atoms with van der Waals surface area (Å²) in [6, 6.07) is 8.58. The highest BCUT2D eigenvalue weighted by Crippen LogP contribution is 2.44. The van der Waals surface area contributed by atoms with Crippen molar-refractivity contribution in [3.63, 3.8) is 0 Å². The van der Waals surface area contributed by atoms with Gasteiger partial charge in [0.05, 0.1) is 0 Å². The predicted octanol–water partition coefficient (Wildman–Crippen LogP) is 6.28. The molecule has 0 aliphatic heterocycles. The summed E-state index contributed by atoms with van der Waals surface area (Å²) in [5.41, 5.74) is 1.27. The van der Waals surface area contributed by atoms with Gasteiger partial charge in [-0.15, -0.1) is 0 Å². The van der Waals surface area contributed by atoms with Gasteiger partial charge in [-0.25, -0.2) is 4.39 Å². The van der Waals surface area contributed by atoms with E-state index < -0.39 is 5.83 Å². The van der Waals surface area contributed by atoms with Crippen molar-refractivity contribution in [2.24, 2.45) is 17.8 Å². The number of halogens is 2. The largest absolute Gasteiger partial charge is 0.207 e. The van der Waals surface area contributed by atoms with Gasteiger partial charge in [0.25, 0.3) is 0 Å². The van der Waals surface area contributed by atoms with Crippen LogP contribution in [0.3, 0.4) is 0 Å². The van der Waals surface area contributed by atoms with Gasteiger partial charge in [0, 0.05) is 0 Å². The van der Waals surface area contributed by atoms with E-state index in [9.17, 15) is 8.78 Å². The number of nitriles is 1. The number of hydrogen-bond donors (Lipinski definition) is 0. The lowest BCUT2D eigenvalue weighted by atomic mass is 9.68. The molecule has 3 rings (SSSR count). The van der Waals surface area contributed by atoms with Crippen molar-refractivity contribution < 1.29 is 8.78 Å². The first-order valence-corrected chi connectivity index (χ1v) is 9.18. The van der Waals surface area contributed by atoms with E-state index in [1.54, 1.807) is 18.2 Å². The molecule has 0 unspecified atom stereocenters. The molecule has 0 atom stereocenters. The minimum Gasteiger partial charge on any atom is -0.207 e. The summed E-state index contributed by atoms with van der Waals surface area (Å²) in [7, 11) is 0. The summed E-state index contributed by atoms with van der Waals surface area (Å²) in [5.74, 6) is 1.58. The Hall–Kier alpha value is -1.69. The van der Waals surface area contributed by atoms with Crippen LogP contribution in [0.1, 0.15) is 62.8 Å². The maximum absolute atomic E-state index is 13.1. The molecule has 1 aromatic rings. The maximum atomic E-state index is 13.1. The van der Waals surface area contributed by atoms with Crippen molar-refractivity contribution in [2.45, 2.75) is 57.3 Å². The average Bonchev–Trinajstić information content (AvgIpc) is 2.63. The molecule has 0 amide bonds. The van der Waals surface area contributed by atoms with Crippen LogP contribution in [-0.4, -0.2) is 0 Å². The standard InChI is InChI=1S/C21H25F2N/c22-20-11-9-19(10-12-20)18-7-5-17(6-8-18)16-3-1-15(2-4-16)13-21(23)14-24/h9-13,15-18H,1-8H2/t15-,16-,17-,18-. The van der Waals surface area contributed by atoms with Crippen LogP contribution in [0, 0.1) is 34.9 Å². The summed E-state index contributed by atoms with van der Waals surface area (Å²) < 4.78 is 26.1. The Morgan fingerprint density at radius 1 is 0.917 bits per heavy atom. The number of hydrogen-bond acceptors (Lipinski definition) is 1. The van der Waals surface area contributed by atoms with Gasteiger partial charge in [-0.3, -0.25) is 0 Å². The van der Waals surface area contributed by atoms with Gasteiger partial charge in [0.15, 0.2) is 5.83 Å². The second-order valence-electron chi connectivity index (χ2n) is 7.46. The fraction of sp³-hybridized carbons (Fsp3) is 0.571. The molecule has 1 aromatic carbocycles. The van der Waals surface area contributed by atoms with Crippen LogP contribution in [0.25, 0.3) is 0 Å². The first-order valence-electron chi connectivity index (χ1n) is 9.18. The van der Waals surface area contributed by atoms with Crippen LogP contribution in [0.5, 0.6) is 0 Å². The van der Waals surface area contributed by atoms with E-state index >= 15 is 0 Å². The Kier molecular flexibility index (Phi) is 5.66. The SMILES string of the molecule is N#CC(F)=C[C@H]1CC[C@H]([C@H]2CC[C@H](c3ccc(F)cc3)CC2)CC1. The Labute approximate surface area is 143 Å². The quantitative estimate of drug-likeness (QED) is 0.598. The van der Waals surface area contributed by atoms with Crippen molar-refractivity contribution in [3.8, 4) is 6.07 Å². The first-order chi connectivity index (χ1) is 11.7. The lowest BCUT2D eigenvalue weighted by Crippen LogP contribution is -2.25. The molecule has 0 N–H and O–H groups in total. The summed E-state index contributed by atoms with van der Waals surface area (Å²) in [5, 5.41) is 8.54. The summed E-state index contributed by atoms with van der Waals surface area (Å²) >= 11 is 0. The Morgan fingerprint density at radius 3 is 2.00 bits per heavy atom. The molecule has 128 valence electrons. The second kappa shape index (κ2) is 7.92. The lowest BCUT2D eigenvalue weighted by molar-refractivity contribution is 0.171. The van der Waals surface area contributed by atoms with E-state index in [0.29, 0.717) is 5.92 Å². The number of nitrogens with zero attached hydrogens (tertiary/aromatic N) is 1. The third-order valence-electron chi connectivity index (χ3n) is 6.09. The predicted molar refractivity (Wildman–Crippen MR) is 91.4 cm³/mol. The smallest absolute Gasteiger partial charge is 0.196 e. The van der Waals surface area contributed by atoms with E-state index in [0.717, 1.165) is 37.5 Å². The molecule has 2 saturated carbocycles. The topological polar surface area (TPSA) is 23.8 Å². The van der Waals surface area contributed by atoms with Crippen molar-refractivity contribution >= 4 is 0 Å². The van der Waals surface area contributed by atoms with E-state index in [1.807, 2.05) is 12.1 Å². The molecule has 0 spiro atoms. The van der Waals surface area contributed by atoms with Crippen LogP contribution in [0.4, 0.5) is 8.78 Å². The highest BCUT2D eigenvalue weighted by Gasteiger charge is 2.31. The average molecular weight is 329 g/mol. The number of allylic oxidation sites excluding steroid dienone is 2. The van der Waals surface area contributed by atoms with Crippen molar-refractivity contribution in [1.29, 1.82) is 5.26 Å². The van der Waals surface area contributed by atoms with E-state index in [2.05, 4.69) is 0 Å². The molecular formula is C21H25F2N. The normalized spacial score (nSPS) is 31.5. The third kappa shape index (κ3) is 4.23. The van der Waals surface area contributed by atoms with Crippen molar-refractivity contribution in [2.75, 3.05) is 0 Å². The molecule has 0 aromatic heterocycles. The molecule has 0 saturated heterocycles. The molecular weight excluding hydrogens is 304 g/mol. The van der Waals surface area contributed by atoms with Gasteiger partial charge in [0.1, 0.15) is 11.9 Å². The monoisotopic (exact) mass is 329 g/mol. The van der Waals surface area contributed by atoms with Gasteiger partial charge < -0.3 is 0 Å². The van der Waals surface area contributed by atoms with Crippen LogP contribution in [-0.2, 0) is 0 Å². The van der Waals surface area contributed by atoms with Gasteiger partial charge in [0.2, 0.25) is 0 Å². The zero-order valence-electron chi connectivity index (χ0n) is 14.1. The highest BCUT2D eigenvalue weighted by molar-refractivity contribution is 5.21. The molecule has 2 fully saturated rings. The minimum atomic E-state index is -0.627. The number of benzene rings is 1. The fourth-order valence-electron chi connectivity index (χ4n) is 4.69. The van der Waals surface area contributed by atoms with Crippen LogP contribution in [0.15, 0.2) is 36.2 Å². The Morgan fingerprint density at radius 2 is 1.46 bits per heavy atom. The van der Waals surface area contributed by atoms with Gasteiger partial charge in [-0.05, 0) is 98.8 Å². The molecule has 0 radical (unpaired) electrons. The van der Waals surface area contributed by atoms with E-state index in [4.69, 9.17) is 5.26 Å². The molecule has 24 heavy (non-hydrogen) atoms. The summed E-state index contributed by atoms with van der Waals surface area (Å²) in [4.78, 5) is 0. The van der Waals surface area contributed by atoms with Gasteiger partial charge in [-0.2, -0.15) is 9.65 Å². The zero-order chi connectivity index (χ0) is 16.9. The fourth-order valence-corrected chi connectivity index (χ4v) is 4.69. The summed E-state index contributed by atoms with van der Waals surface area (Å²) in [6.45, 7) is 0. The molecule has 0 heterocycles. The highest BCUT2D eigenvalue weighted by atomic mass is 19.1. The molecule has 1 nitrogen and oxygen atoms in total. The molecule has 2 aliphatic rings. The Bertz CT molecular complexity index is 598. The second-order valence-corrected chi connectivity index (χ2v) is 7.46. The van der Waals surface area contributed by atoms with E-state index in [1.165, 1.54) is 37.3 Å². The zero-order valence-corrected chi connectivity index (χ0v) is 14.1. The van der Waals surface area contributed by atoms with Crippen molar-refractivity contribution in [1.82, 2.24) is 0 Å². The summed E-state index contributed by atoms with van der Waals surface area (Å²) in [6.07, 6.45) is 10.7. The van der Waals surface area contributed by atoms with Gasteiger partial charge >= 0.3 is 0 Å². The van der Waals surface area contributed by atoms with Crippen LogP contribution < -0.4 is 0 Å². The third-order valence-corrected chi connectivity index (χ3v) is 6.09.